The maximum atomic E-state index is 12.7. The predicted molar refractivity (Wildman–Crippen MR) is 103 cm³/mol. The molecule has 0 bridgehead atoms. The first-order chi connectivity index (χ1) is 12.7. The minimum atomic E-state index is -0.715. The lowest BCUT2D eigenvalue weighted by molar-refractivity contribution is -0.159. The number of nitrogens with one attached hydrogen (secondary N) is 1. The molecule has 0 aromatic carbocycles. The van der Waals surface area contributed by atoms with Crippen molar-refractivity contribution >= 4 is 40.9 Å². The van der Waals surface area contributed by atoms with E-state index < -0.39 is 17.6 Å². The van der Waals surface area contributed by atoms with Crippen LogP contribution < -0.4 is 5.32 Å². The second-order valence-electron chi connectivity index (χ2n) is 7.32. The summed E-state index contributed by atoms with van der Waals surface area (Å²) in [6.07, 6.45) is 0.218. The fraction of sp³-hybridized carbons (Fsp3) is 0.500. The standard InChI is InChI=1S/C18H22N2O5S2/c1-18(2,3)25-17(24)14-10(8-21)9-27-16-13(15(23)20(14)16)19-12(22)7-11-5-4-6-26-11/h4-6,13,16,21H,7-9H2,1-3H3,(H,19,22)/t13-,16+/m0/s1. The average molecular weight is 411 g/mol. The number of thiophene rings is 1. The number of fused-ring (bicyclic) bond motifs is 1. The molecule has 1 aromatic heterocycles. The number of hydrogen-bond donors (Lipinski definition) is 2. The van der Waals surface area contributed by atoms with Crippen molar-refractivity contribution in [2.24, 2.45) is 0 Å². The highest BCUT2D eigenvalue weighted by atomic mass is 32.2. The van der Waals surface area contributed by atoms with Gasteiger partial charge in [-0.05, 0) is 37.8 Å². The Labute approximate surface area is 165 Å². The van der Waals surface area contributed by atoms with Crippen LogP contribution in [0, 0.1) is 0 Å². The largest absolute Gasteiger partial charge is 0.455 e. The zero-order valence-corrected chi connectivity index (χ0v) is 17.0. The van der Waals surface area contributed by atoms with Gasteiger partial charge in [-0.1, -0.05) is 6.07 Å². The van der Waals surface area contributed by atoms with Crippen LogP contribution in [0.4, 0.5) is 0 Å². The number of amides is 2. The van der Waals surface area contributed by atoms with Crippen LogP contribution in [0.25, 0.3) is 0 Å². The third kappa shape index (κ3) is 4.20. The van der Waals surface area contributed by atoms with Gasteiger partial charge in [0.1, 0.15) is 22.7 Å². The zero-order valence-electron chi connectivity index (χ0n) is 15.4. The number of hydrogen-bond acceptors (Lipinski definition) is 7. The van der Waals surface area contributed by atoms with Gasteiger partial charge in [0, 0.05) is 10.6 Å². The van der Waals surface area contributed by atoms with Gasteiger partial charge in [-0.25, -0.2) is 4.79 Å². The summed E-state index contributed by atoms with van der Waals surface area (Å²) in [6.45, 7) is 4.90. The lowest BCUT2D eigenvalue weighted by Crippen LogP contribution is -2.70. The molecule has 1 saturated heterocycles. The lowest BCUT2D eigenvalue weighted by atomic mass is 10.0. The fourth-order valence-electron chi connectivity index (χ4n) is 2.92. The number of thioether (sulfide) groups is 1. The maximum absolute atomic E-state index is 12.7. The van der Waals surface area contributed by atoms with Crippen molar-refractivity contribution < 1.29 is 24.2 Å². The Morgan fingerprint density at radius 3 is 2.74 bits per heavy atom. The van der Waals surface area contributed by atoms with Crippen molar-refractivity contribution in [3.63, 3.8) is 0 Å². The van der Waals surface area contributed by atoms with Crippen molar-refractivity contribution in [1.29, 1.82) is 0 Å². The number of β-lactam (4-membered cyclic amide) rings is 1. The van der Waals surface area contributed by atoms with E-state index in [1.165, 1.54) is 28.0 Å². The molecule has 27 heavy (non-hydrogen) atoms. The molecule has 0 radical (unpaired) electrons. The number of aliphatic hydroxyl groups excluding tert-OH is 1. The smallest absolute Gasteiger partial charge is 0.355 e. The SMILES string of the molecule is CC(C)(C)OC(=O)C1=C(CO)CS[C@@H]2[C@@H](NC(=O)Cc3cccs3)C(=O)N12. The van der Waals surface area contributed by atoms with Crippen molar-refractivity contribution in [3.05, 3.63) is 33.7 Å². The molecule has 9 heteroatoms. The molecule has 3 heterocycles. The minimum Gasteiger partial charge on any atom is -0.455 e. The molecular weight excluding hydrogens is 388 g/mol. The van der Waals surface area contributed by atoms with Crippen LogP contribution in [-0.2, 0) is 25.5 Å². The van der Waals surface area contributed by atoms with Gasteiger partial charge in [0.15, 0.2) is 0 Å². The van der Waals surface area contributed by atoms with Crippen LogP contribution in [-0.4, -0.2) is 57.2 Å². The molecule has 0 saturated carbocycles. The first kappa shape index (κ1) is 19.9. The number of nitrogens with zero attached hydrogens (tertiary/aromatic N) is 1. The minimum absolute atomic E-state index is 0.102. The summed E-state index contributed by atoms with van der Waals surface area (Å²) in [6, 6.07) is 3.06. The van der Waals surface area contributed by atoms with E-state index in [-0.39, 0.29) is 35.9 Å². The van der Waals surface area contributed by atoms with Crippen molar-refractivity contribution in [3.8, 4) is 0 Å². The highest BCUT2D eigenvalue weighted by molar-refractivity contribution is 8.00. The van der Waals surface area contributed by atoms with Gasteiger partial charge >= 0.3 is 5.97 Å². The monoisotopic (exact) mass is 410 g/mol. The highest BCUT2D eigenvalue weighted by Crippen LogP contribution is 2.40. The first-order valence-electron chi connectivity index (χ1n) is 8.54. The quantitative estimate of drug-likeness (QED) is 0.561. The molecule has 0 aliphatic carbocycles. The molecule has 2 aliphatic heterocycles. The van der Waals surface area contributed by atoms with Gasteiger partial charge in [-0.15, -0.1) is 23.1 Å². The van der Waals surface area contributed by atoms with Gasteiger partial charge in [-0.3, -0.25) is 14.5 Å². The van der Waals surface area contributed by atoms with Crippen LogP contribution in [0.2, 0.25) is 0 Å². The lowest BCUT2D eigenvalue weighted by Gasteiger charge is -2.49. The topological polar surface area (TPSA) is 95.9 Å². The summed E-state index contributed by atoms with van der Waals surface area (Å²) in [5, 5.41) is 13.9. The summed E-state index contributed by atoms with van der Waals surface area (Å²) >= 11 is 2.90. The Morgan fingerprint density at radius 2 is 2.15 bits per heavy atom. The van der Waals surface area contributed by atoms with E-state index >= 15 is 0 Å². The zero-order chi connectivity index (χ0) is 19.8. The molecule has 0 spiro atoms. The van der Waals surface area contributed by atoms with E-state index in [1.807, 2.05) is 17.5 Å². The number of aliphatic hydroxyl groups is 1. The van der Waals surface area contributed by atoms with Gasteiger partial charge < -0.3 is 15.2 Å². The summed E-state index contributed by atoms with van der Waals surface area (Å²) in [5.41, 5.74) is -0.153. The third-order valence-corrected chi connectivity index (χ3v) is 6.28. The second-order valence-corrected chi connectivity index (χ2v) is 9.46. The average Bonchev–Trinajstić information content (AvgIpc) is 3.09. The molecule has 1 fully saturated rings. The van der Waals surface area contributed by atoms with Crippen LogP contribution in [0.15, 0.2) is 28.8 Å². The number of esters is 1. The molecule has 3 rings (SSSR count). The molecule has 146 valence electrons. The first-order valence-corrected chi connectivity index (χ1v) is 10.5. The van der Waals surface area contributed by atoms with Crippen LogP contribution in [0.1, 0.15) is 25.6 Å². The number of carbonyl (C=O) groups excluding carboxylic acids is 3. The summed E-state index contributed by atoms with van der Waals surface area (Å²) in [4.78, 5) is 39.7. The van der Waals surface area contributed by atoms with E-state index in [4.69, 9.17) is 4.74 Å². The van der Waals surface area contributed by atoms with Gasteiger partial charge in [0.2, 0.25) is 5.91 Å². The van der Waals surface area contributed by atoms with Gasteiger partial charge in [0.25, 0.3) is 5.91 Å². The Kier molecular flexibility index (Phi) is 5.64. The maximum Gasteiger partial charge on any atom is 0.355 e. The predicted octanol–water partition coefficient (Wildman–Crippen LogP) is 1.28. The number of ether oxygens (including phenoxy) is 1. The number of carbonyl (C=O) groups is 3. The third-order valence-electron chi connectivity index (χ3n) is 4.06. The summed E-state index contributed by atoms with van der Waals surface area (Å²) < 4.78 is 5.40. The van der Waals surface area contributed by atoms with Crippen LogP contribution in [0.5, 0.6) is 0 Å². The summed E-state index contributed by atoms with van der Waals surface area (Å²) in [7, 11) is 0. The number of rotatable bonds is 5. The van der Waals surface area contributed by atoms with E-state index in [1.54, 1.807) is 20.8 Å². The van der Waals surface area contributed by atoms with Crippen LogP contribution in [0.3, 0.4) is 0 Å². The molecular formula is C18H22N2O5S2. The fourth-order valence-corrected chi connectivity index (χ4v) is 4.95. The van der Waals surface area contributed by atoms with Gasteiger partial charge in [0.05, 0.1) is 13.0 Å². The van der Waals surface area contributed by atoms with E-state index in [2.05, 4.69) is 5.32 Å². The molecule has 2 atom stereocenters. The van der Waals surface area contributed by atoms with Gasteiger partial charge in [-0.2, -0.15) is 0 Å². The molecule has 7 nitrogen and oxygen atoms in total. The van der Waals surface area contributed by atoms with Crippen molar-refractivity contribution in [2.45, 2.75) is 44.2 Å². The normalized spacial score (nSPS) is 22.2. The van der Waals surface area contributed by atoms with Crippen molar-refractivity contribution in [1.82, 2.24) is 10.2 Å². The molecule has 0 unspecified atom stereocenters. The Bertz CT molecular complexity index is 782. The Balaban J connectivity index is 1.72. The molecule has 2 N–H and O–H groups in total. The summed E-state index contributed by atoms with van der Waals surface area (Å²) in [5.74, 6) is -0.824. The second kappa shape index (κ2) is 7.65. The van der Waals surface area contributed by atoms with E-state index in [9.17, 15) is 19.5 Å². The molecule has 2 aliphatic rings. The van der Waals surface area contributed by atoms with E-state index in [0.29, 0.717) is 11.3 Å². The van der Waals surface area contributed by atoms with Crippen LogP contribution >= 0.6 is 23.1 Å². The molecule has 2 amide bonds. The Hall–Kier alpha value is -1.84. The van der Waals surface area contributed by atoms with E-state index in [0.717, 1.165) is 4.88 Å². The van der Waals surface area contributed by atoms with Crippen molar-refractivity contribution in [2.75, 3.05) is 12.4 Å². The Morgan fingerprint density at radius 1 is 1.41 bits per heavy atom. The highest BCUT2D eigenvalue weighted by Gasteiger charge is 2.54. The molecule has 1 aromatic rings.